The van der Waals surface area contributed by atoms with E-state index in [1.165, 1.54) is 0 Å². The highest BCUT2D eigenvalue weighted by atomic mass is 79.9. The number of para-hydroxylation sites is 1. The minimum Gasteiger partial charge on any atom is -0.390 e. The molecule has 0 aliphatic rings. The van der Waals surface area contributed by atoms with Gasteiger partial charge in [-0.25, -0.2) is 0 Å². The van der Waals surface area contributed by atoms with E-state index < -0.39 is 6.10 Å². The summed E-state index contributed by atoms with van der Waals surface area (Å²) in [5, 5.41) is 12.0. The average Bonchev–Trinajstić information content (AvgIpc) is 3.09. The number of hydrogen-bond acceptors (Lipinski definition) is 3. The highest BCUT2D eigenvalue weighted by Gasteiger charge is 2.16. The Morgan fingerprint density at radius 2 is 1.64 bits per heavy atom. The Balaban J connectivity index is 1.77. The fourth-order valence-electron chi connectivity index (χ4n) is 4.27. The molecule has 0 amide bonds. The van der Waals surface area contributed by atoms with Gasteiger partial charge in [0.25, 0.3) is 0 Å². The first-order valence-corrected chi connectivity index (χ1v) is 12.5. The molecule has 5 heteroatoms. The summed E-state index contributed by atoms with van der Waals surface area (Å²) in [6.07, 6.45) is 5.06. The van der Waals surface area contributed by atoms with E-state index in [0.717, 1.165) is 34.0 Å². The van der Waals surface area contributed by atoms with Crippen LogP contribution in [-0.2, 0) is 6.54 Å². The van der Waals surface area contributed by atoms with Crippen molar-refractivity contribution in [2.45, 2.75) is 40.3 Å². The monoisotopic (exact) mass is 510 g/mol. The maximum Gasteiger partial charge on any atom is 0.185 e. The second-order valence-electron chi connectivity index (χ2n) is 9.62. The largest absolute Gasteiger partial charge is 0.390 e. The Kier molecular flexibility index (Phi) is 9.07. The highest BCUT2D eigenvalue weighted by molar-refractivity contribution is 9.10. The summed E-state index contributed by atoms with van der Waals surface area (Å²) in [6.45, 7) is 12.0. The van der Waals surface area contributed by atoms with E-state index in [1.807, 2.05) is 48.7 Å². The number of nitrogens with zero attached hydrogens (tertiary/aromatic N) is 2. The van der Waals surface area contributed by atoms with Crippen LogP contribution in [0.15, 0.2) is 65.3 Å². The van der Waals surface area contributed by atoms with Crippen molar-refractivity contribution in [3.63, 3.8) is 0 Å². The first kappa shape index (κ1) is 25.4. The van der Waals surface area contributed by atoms with Gasteiger partial charge in [0, 0.05) is 58.9 Å². The summed E-state index contributed by atoms with van der Waals surface area (Å²) in [5.74, 6) is 1.09. The molecule has 0 saturated carbocycles. The number of halogens is 1. The number of aliphatic hydroxyl groups excluding tert-OH is 1. The van der Waals surface area contributed by atoms with Gasteiger partial charge in [-0.2, -0.15) is 0 Å². The number of ketones is 1. The average molecular weight is 512 g/mol. The third-order valence-electron chi connectivity index (χ3n) is 5.49. The topological polar surface area (TPSA) is 45.5 Å². The van der Waals surface area contributed by atoms with E-state index in [4.69, 9.17) is 0 Å². The van der Waals surface area contributed by atoms with Crippen LogP contribution in [-0.4, -0.2) is 46.1 Å². The Bertz CT molecular complexity index is 1070. The Hall–Kier alpha value is -2.21. The predicted octanol–water partition coefficient (Wildman–Crippen LogP) is 6.27. The van der Waals surface area contributed by atoms with Gasteiger partial charge in [-0.3, -0.25) is 4.79 Å². The van der Waals surface area contributed by atoms with Crippen LogP contribution in [0.5, 0.6) is 0 Å². The number of fused-ring (bicyclic) bond motifs is 1. The zero-order valence-electron chi connectivity index (χ0n) is 20.0. The van der Waals surface area contributed by atoms with Crippen LogP contribution >= 0.6 is 15.9 Å². The zero-order chi connectivity index (χ0) is 24.0. The van der Waals surface area contributed by atoms with Crippen LogP contribution in [0.2, 0.25) is 0 Å². The maximum absolute atomic E-state index is 12.6. The highest BCUT2D eigenvalue weighted by Crippen LogP contribution is 2.23. The molecule has 1 N–H and O–H groups in total. The summed E-state index contributed by atoms with van der Waals surface area (Å²) in [7, 11) is 0. The van der Waals surface area contributed by atoms with Gasteiger partial charge in [0.05, 0.1) is 6.10 Å². The lowest BCUT2D eigenvalue weighted by Crippen LogP contribution is -2.39. The fourth-order valence-corrected chi connectivity index (χ4v) is 4.54. The third kappa shape index (κ3) is 7.39. The van der Waals surface area contributed by atoms with Crippen LogP contribution in [0.4, 0.5) is 0 Å². The van der Waals surface area contributed by atoms with Gasteiger partial charge < -0.3 is 14.6 Å². The molecular weight excluding hydrogens is 476 g/mol. The van der Waals surface area contributed by atoms with Gasteiger partial charge in [0.2, 0.25) is 0 Å². The van der Waals surface area contributed by atoms with Crippen LogP contribution in [0, 0.1) is 11.8 Å². The van der Waals surface area contributed by atoms with Crippen LogP contribution in [0.3, 0.4) is 0 Å². The van der Waals surface area contributed by atoms with E-state index in [2.05, 4.69) is 65.2 Å². The summed E-state index contributed by atoms with van der Waals surface area (Å²) < 4.78 is 3.05. The molecule has 0 unspecified atom stereocenters. The first-order valence-electron chi connectivity index (χ1n) is 11.7. The number of rotatable bonds is 11. The van der Waals surface area contributed by atoms with Crippen molar-refractivity contribution in [1.29, 1.82) is 0 Å². The van der Waals surface area contributed by atoms with Gasteiger partial charge in [0.15, 0.2) is 5.78 Å². The summed E-state index contributed by atoms with van der Waals surface area (Å²) in [5.41, 5.74) is 2.69. The first-order chi connectivity index (χ1) is 15.7. The lowest BCUT2D eigenvalue weighted by Gasteiger charge is -2.28. The summed E-state index contributed by atoms with van der Waals surface area (Å²) in [4.78, 5) is 15.0. The maximum atomic E-state index is 12.6. The zero-order valence-corrected chi connectivity index (χ0v) is 21.6. The van der Waals surface area contributed by atoms with E-state index in [9.17, 15) is 9.90 Å². The second kappa shape index (κ2) is 11.8. The third-order valence-corrected chi connectivity index (χ3v) is 6.01. The molecule has 1 atom stereocenters. The molecule has 1 aromatic heterocycles. The lowest BCUT2D eigenvalue weighted by atomic mass is 10.1. The molecule has 0 fully saturated rings. The van der Waals surface area contributed by atoms with E-state index in [-0.39, 0.29) is 5.78 Å². The normalized spacial score (nSPS) is 13.1. The minimum atomic E-state index is -0.473. The van der Waals surface area contributed by atoms with Gasteiger partial charge in [0.1, 0.15) is 0 Å². The molecule has 2 aromatic carbocycles. The summed E-state index contributed by atoms with van der Waals surface area (Å²) in [6, 6.07) is 15.5. The number of carbonyl (C=O) groups excluding carboxylic acids is 1. The molecule has 33 heavy (non-hydrogen) atoms. The van der Waals surface area contributed by atoms with E-state index >= 15 is 0 Å². The molecule has 0 radical (unpaired) electrons. The number of benzene rings is 2. The standard InChI is InChI=1S/C28H35BrN2O2/c1-20(2)15-30(16-21(3)4)18-25(32)19-31-17-23(26-7-5-6-8-27(26)31)11-14-28(33)22-9-12-24(29)13-10-22/h5-14,17,20-21,25,32H,15-16,18-19H2,1-4H3/b14-11+/t25-/m1/s1. The van der Waals surface area contributed by atoms with Gasteiger partial charge in [-0.05, 0) is 54.3 Å². The smallest absolute Gasteiger partial charge is 0.185 e. The molecule has 0 aliphatic carbocycles. The Morgan fingerprint density at radius 3 is 2.27 bits per heavy atom. The van der Waals surface area contributed by atoms with Crippen molar-refractivity contribution in [3.8, 4) is 0 Å². The number of hydrogen-bond donors (Lipinski definition) is 1. The van der Waals surface area contributed by atoms with Crippen LogP contribution in [0.25, 0.3) is 17.0 Å². The van der Waals surface area contributed by atoms with Crippen molar-refractivity contribution in [3.05, 3.63) is 76.4 Å². The fraction of sp³-hybridized carbons (Fsp3) is 0.393. The summed E-state index contributed by atoms with van der Waals surface area (Å²) >= 11 is 3.40. The van der Waals surface area contributed by atoms with Crippen molar-refractivity contribution >= 4 is 38.7 Å². The Morgan fingerprint density at radius 1 is 1.00 bits per heavy atom. The molecule has 4 nitrogen and oxygen atoms in total. The van der Waals surface area contributed by atoms with Crippen molar-refractivity contribution in [1.82, 2.24) is 9.47 Å². The van der Waals surface area contributed by atoms with Crippen LogP contribution < -0.4 is 0 Å². The van der Waals surface area contributed by atoms with E-state index in [1.54, 1.807) is 6.08 Å². The van der Waals surface area contributed by atoms with Gasteiger partial charge in [-0.1, -0.05) is 61.8 Å². The molecular formula is C28H35BrN2O2. The van der Waals surface area contributed by atoms with E-state index in [0.29, 0.717) is 30.5 Å². The van der Waals surface area contributed by atoms with Gasteiger partial charge in [-0.15, -0.1) is 0 Å². The number of carbonyl (C=O) groups is 1. The Labute approximate surface area is 206 Å². The second-order valence-corrected chi connectivity index (χ2v) is 10.5. The number of aromatic nitrogens is 1. The SMILES string of the molecule is CC(C)CN(CC(C)C)C[C@@H](O)Cn1cc(/C=C/C(=O)c2ccc(Br)cc2)c2ccccc21. The molecule has 3 aromatic rings. The van der Waals surface area contributed by atoms with Crippen molar-refractivity contribution in [2.75, 3.05) is 19.6 Å². The quantitative estimate of drug-likeness (QED) is 0.244. The molecule has 3 rings (SSSR count). The minimum absolute atomic E-state index is 0.0302. The molecule has 176 valence electrons. The van der Waals surface area contributed by atoms with Crippen LogP contribution in [0.1, 0.15) is 43.6 Å². The molecule has 0 bridgehead atoms. The van der Waals surface area contributed by atoms with Crippen molar-refractivity contribution in [2.24, 2.45) is 11.8 Å². The van der Waals surface area contributed by atoms with Gasteiger partial charge >= 0.3 is 0 Å². The molecule has 1 heterocycles. The number of aliphatic hydroxyl groups is 1. The predicted molar refractivity (Wildman–Crippen MR) is 142 cm³/mol. The molecule has 0 aliphatic heterocycles. The number of allylic oxidation sites excluding steroid dienone is 1. The lowest BCUT2D eigenvalue weighted by molar-refractivity contribution is 0.0869. The van der Waals surface area contributed by atoms with Crippen molar-refractivity contribution < 1.29 is 9.90 Å². The molecule has 0 spiro atoms. The molecule has 0 saturated heterocycles.